The maximum absolute atomic E-state index is 12.0. The Morgan fingerprint density at radius 2 is 1.95 bits per heavy atom. The van der Waals surface area contributed by atoms with Gasteiger partial charge in [0.05, 0.1) is 6.54 Å². The molecule has 1 rings (SSSR count). The molecule has 0 fully saturated rings. The minimum Gasteiger partial charge on any atom is -0.346 e. The van der Waals surface area contributed by atoms with Crippen molar-refractivity contribution in [2.24, 2.45) is 0 Å². The van der Waals surface area contributed by atoms with Crippen molar-refractivity contribution in [2.45, 2.75) is 26.1 Å². The van der Waals surface area contributed by atoms with Gasteiger partial charge in [-0.25, -0.2) is 0 Å². The summed E-state index contributed by atoms with van der Waals surface area (Å²) in [4.78, 5) is 22.3. The first-order valence-corrected chi connectivity index (χ1v) is 6.62. The third kappa shape index (κ3) is 7.07. The zero-order valence-electron chi connectivity index (χ0n) is 12.3. The Hall–Kier alpha value is -2.09. The summed E-state index contributed by atoms with van der Waals surface area (Å²) in [5.74, 6) is -0.938. The van der Waals surface area contributed by atoms with Crippen molar-refractivity contribution in [3.05, 3.63) is 29.8 Å². The van der Waals surface area contributed by atoms with Crippen LogP contribution in [0.4, 0.5) is 18.9 Å². The van der Waals surface area contributed by atoms with Crippen LogP contribution >= 0.6 is 0 Å². The quantitative estimate of drug-likeness (QED) is 0.751. The topological polar surface area (TPSA) is 70.2 Å². The van der Waals surface area contributed by atoms with E-state index in [1.54, 1.807) is 36.5 Å². The molecule has 0 spiro atoms. The predicted octanol–water partition coefficient (Wildman–Crippen LogP) is 1.97. The van der Waals surface area contributed by atoms with E-state index >= 15 is 0 Å². The van der Waals surface area contributed by atoms with E-state index in [1.807, 2.05) is 0 Å². The SMILES string of the molecule is CC(=O)Nc1cccc(C(C)NCC(=O)NCC(F)(F)F)c1. The largest absolute Gasteiger partial charge is 0.405 e. The van der Waals surface area contributed by atoms with Crippen LogP contribution in [-0.2, 0) is 9.59 Å². The van der Waals surface area contributed by atoms with Crippen LogP contribution in [0.1, 0.15) is 25.5 Å². The smallest absolute Gasteiger partial charge is 0.346 e. The molecule has 0 bridgehead atoms. The molecule has 1 aromatic carbocycles. The normalized spacial score (nSPS) is 12.6. The van der Waals surface area contributed by atoms with Gasteiger partial charge >= 0.3 is 6.18 Å². The number of rotatable bonds is 6. The van der Waals surface area contributed by atoms with Crippen molar-refractivity contribution in [2.75, 3.05) is 18.4 Å². The Labute approximate surface area is 126 Å². The van der Waals surface area contributed by atoms with Gasteiger partial charge in [-0.05, 0) is 24.6 Å². The lowest BCUT2D eigenvalue weighted by Crippen LogP contribution is -2.39. The molecule has 0 saturated carbocycles. The van der Waals surface area contributed by atoms with E-state index < -0.39 is 18.6 Å². The number of halogens is 3. The highest BCUT2D eigenvalue weighted by Gasteiger charge is 2.27. The third-order valence-electron chi connectivity index (χ3n) is 2.76. The third-order valence-corrected chi connectivity index (χ3v) is 2.76. The van der Waals surface area contributed by atoms with Crippen LogP contribution in [-0.4, -0.2) is 31.1 Å². The molecule has 5 nitrogen and oxygen atoms in total. The van der Waals surface area contributed by atoms with Crippen molar-refractivity contribution in [1.29, 1.82) is 0 Å². The Morgan fingerprint density at radius 1 is 1.27 bits per heavy atom. The van der Waals surface area contributed by atoms with Gasteiger partial charge in [-0.3, -0.25) is 9.59 Å². The molecule has 0 radical (unpaired) electrons. The summed E-state index contributed by atoms with van der Waals surface area (Å²) in [5, 5.41) is 7.24. The molecular formula is C14H18F3N3O2. The molecule has 0 heterocycles. The fourth-order valence-electron chi connectivity index (χ4n) is 1.71. The van der Waals surface area contributed by atoms with Gasteiger partial charge in [0, 0.05) is 18.7 Å². The van der Waals surface area contributed by atoms with Crippen molar-refractivity contribution < 1.29 is 22.8 Å². The minimum atomic E-state index is -4.42. The number of amides is 2. The van der Waals surface area contributed by atoms with Crippen LogP contribution in [0.5, 0.6) is 0 Å². The average molecular weight is 317 g/mol. The van der Waals surface area contributed by atoms with Gasteiger partial charge in [-0.15, -0.1) is 0 Å². The van der Waals surface area contributed by atoms with E-state index in [2.05, 4.69) is 10.6 Å². The molecule has 22 heavy (non-hydrogen) atoms. The fraction of sp³-hybridized carbons (Fsp3) is 0.429. The second-order valence-electron chi connectivity index (χ2n) is 4.80. The van der Waals surface area contributed by atoms with Crippen LogP contribution < -0.4 is 16.0 Å². The number of benzene rings is 1. The molecule has 0 aliphatic rings. The molecular weight excluding hydrogens is 299 g/mol. The predicted molar refractivity (Wildman–Crippen MR) is 76.2 cm³/mol. The molecule has 1 unspecified atom stereocenters. The van der Waals surface area contributed by atoms with E-state index in [9.17, 15) is 22.8 Å². The zero-order chi connectivity index (χ0) is 16.8. The first-order valence-electron chi connectivity index (χ1n) is 6.62. The summed E-state index contributed by atoms with van der Waals surface area (Å²) < 4.78 is 35.9. The summed E-state index contributed by atoms with van der Waals surface area (Å²) in [5.41, 5.74) is 1.41. The number of anilines is 1. The second-order valence-corrected chi connectivity index (χ2v) is 4.80. The average Bonchev–Trinajstić information content (AvgIpc) is 2.41. The lowest BCUT2D eigenvalue weighted by atomic mass is 10.1. The monoisotopic (exact) mass is 317 g/mol. The summed E-state index contributed by atoms with van der Waals surface area (Å²) >= 11 is 0. The Morgan fingerprint density at radius 3 is 2.55 bits per heavy atom. The maximum Gasteiger partial charge on any atom is 0.405 e. The van der Waals surface area contributed by atoms with E-state index in [-0.39, 0.29) is 18.5 Å². The fourth-order valence-corrected chi connectivity index (χ4v) is 1.71. The van der Waals surface area contributed by atoms with E-state index in [1.165, 1.54) is 6.92 Å². The zero-order valence-corrected chi connectivity index (χ0v) is 12.3. The number of carbonyl (C=O) groups excluding carboxylic acids is 2. The van der Waals surface area contributed by atoms with E-state index in [4.69, 9.17) is 0 Å². The van der Waals surface area contributed by atoms with Crippen LogP contribution in [0.3, 0.4) is 0 Å². The molecule has 0 aliphatic heterocycles. The van der Waals surface area contributed by atoms with Crippen molar-refractivity contribution in [1.82, 2.24) is 10.6 Å². The van der Waals surface area contributed by atoms with Gasteiger partial charge in [-0.2, -0.15) is 13.2 Å². The number of hydrogen-bond donors (Lipinski definition) is 3. The van der Waals surface area contributed by atoms with Gasteiger partial charge < -0.3 is 16.0 Å². The highest BCUT2D eigenvalue weighted by Crippen LogP contribution is 2.17. The van der Waals surface area contributed by atoms with Crippen molar-refractivity contribution in [3.8, 4) is 0 Å². The van der Waals surface area contributed by atoms with Crippen LogP contribution in [0.25, 0.3) is 0 Å². The Kier molecular flexibility index (Phi) is 6.36. The minimum absolute atomic E-state index is 0.204. The van der Waals surface area contributed by atoms with Crippen LogP contribution in [0.2, 0.25) is 0 Å². The molecule has 8 heteroatoms. The molecule has 0 saturated heterocycles. The number of nitrogens with one attached hydrogen (secondary N) is 3. The molecule has 0 aromatic heterocycles. The molecule has 1 aromatic rings. The molecule has 2 amide bonds. The summed E-state index contributed by atoms with van der Waals surface area (Å²) in [6.45, 7) is 1.57. The molecule has 3 N–H and O–H groups in total. The van der Waals surface area contributed by atoms with Crippen molar-refractivity contribution >= 4 is 17.5 Å². The summed E-state index contributed by atoms with van der Waals surface area (Å²) in [7, 11) is 0. The highest BCUT2D eigenvalue weighted by molar-refractivity contribution is 5.88. The maximum atomic E-state index is 12.0. The first kappa shape index (κ1) is 18.0. The van der Waals surface area contributed by atoms with Crippen molar-refractivity contribution in [3.63, 3.8) is 0 Å². The molecule has 122 valence electrons. The summed E-state index contributed by atoms with van der Waals surface area (Å²) in [6, 6.07) is 6.71. The van der Waals surface area contributed by atoms with Crippen LogP contribution in [0, 0.1) is 0 Å². The first-order chi connectivity index (χ1) is 10.2. The Bertz CT molecular complexity index is 532. The highest BCUT2D eigenvalue weighted by atomic mass is 19.4. The molecule has 0 aliphatic carbocycles. The molecule has 1 atom stereocenters. The second kappa shape index (κ2) is 7.79. The number of alkyl halides is 3. The summed E-state index contributed by atoms with van der Waals surface area (Å²) in [6.07, 6.45) is -4.42. The van der Waals surface area contributed by atoms with Gasteiger partial charge in [-0.1, -0.05) is 12.1 Å². The van der Waals surface area contributed by atoms with Gasteiger partial charge in [0.25, 0.3) is 0 Å². The van der Waals surface area contributed by atoms with Crippen LogP contribution in [0.15, 0.2) is 24.3 Å². The standard InChI is InChI=1S/C14H18F3N3O2/c1-9(18-7-13(22)19-8-14(15,16)17)11-4-3-5-12(6-11)20-10(2)21/h3-6,9,18H,7-8H2,1-2H3,(H,19,22)(H,20,21). The number of hydrogen-bond acceptors (Lipinski definition) is 3. The number of carbonyl (C=O) groups is 2. The van der Waals surface area contributed by atoms with E-state index in [0.717, 1.165) is 5.56 Å². The lowest BCUT2D eigenvalue weighted by Gasteiger charge is -2.15. The van der Waals surface area contributed by atoms with Gasteiger partial charge in [0.2, 0.25) is 11.8 Å². The lowest BCUT2D eigenvalue weighted by molar-refractivity contribution is -0.137. The van der Waals surface area contributed by atoms with Gasteiger partial charge in [0.1, 0.15) is 6.54 Å². The van der Waals surface area contributed by atoms with E-state index in [0.29, 0.717) is 5.69 Å². The Balaban J connectivity index is 2.49. The van der Waals surface area contributed by atoms with Gasteiger partial charge in [0.15, 0.2) is 0 Å².